The van der Waals surface area contributed by atoms with E-state index in [4.69, 9.17) is 0 Å². The number of thiophene rings is 3. The van der Waals surface area contributed by atoms with Gasteiger partial charge in [-0.1, -0.05) is 315 Å². The molecule has 9 heteroatoms. The third-order valence-corrected chi connectivity index (χ3v) is 33.8. The van der Waals surface area contributed by atoms with E-state index < -0.39 is 0 Å². The summed E-state index contributed by atoms with van der Waals surface area (Å²) in [5.74, 6) is 0. The van der Waals surface area contributed by atoms with E-state index in [-0.39, 0.29) is 0 Å². The van der Waals surface area contributed by atoms with Crippen LogP contribution in [0.15, 0.2) is 522 Å². The molecule has 32 rings (SSSR count). The summed E-state index contributed by atoms with van der Waals surface area (Å²) in [6.07, 6.45) is 0. The lowest BCUT2D eigenvalue weighted by molar-refractivity contribution is 1.18. The highest BCUT2D eigenvalue weighted by Crippen LogP contribution is 2.49. The molecule has 0 atom stereocenters. The largest absolute Gasteiger partial charge is 0.309 e. The van der Waals surface area contributed by atoms with Crippen LogP contribution >= 0.6 is 34.0 Å². The summed E-state index contributed by atoms with van der Waals surface area (Å²) < 4.78 is 22.5. The van der Waals surface area contributed by atoms with Gasteiger partial charge in [-0.2, -0.15) is 0 Å². The molecule has 23 aromatic carbocycles. The zero-order chi connectivity index (χ0) is 96.4. The van der Waals surface area contributed by atoms with Crippen molar-refractivity contribution in [3.8, 4) is 89.8 Å². The summed E-state index contributed by atoms with van der Waals surface area (Å²) in [7, 11) is 0. The smallest absolute Gasteiger partial charge is 0.0555 e. The van der Waals surface area contributed by atoms with Crippen molar-refractivity contribution in [2.75, 3.05) is 0 Å². The Bertz CT molecular complexity index is 11000. The van der Waals surface area contributed by atoms with Gasteiger partial charge in [-0.15, -0.1) is 34.0 Å². The van der Waals surface area contributed by atoms with E-state index in [0.29, 0.717) is 0 Å². The molecule has 0 aliphatic carbocycles. The van der Waals surface area contributed by atoms with Crippen molar-refractivity contribution in [2.45, 2.75) is 0 Å². The van der Waals surface area contributed by atoms with E-state index in [1.54, 1.807) is 0 Å². The topological polar surface area (TPSA) is 29.6 Å². The van der Waals surface area contributed by atoms with Crippen molar-refractivity contribution in [3.63, 3.8) is 0 Å². The molecule has 0 spiro atoms. The Kier molecular flexibility index (Phi) is 19.6. The van der Waals surface area contributed by atoms with E-state index in [9.17, 15) is 0 Å². The van der Waals surface area contributed by atoms with Gasteiger partial charge < -0.3 is 27.4 Å². The van der Waals surface area contributed by atoms with E-state index in [0.717, 1.165) is 5.69 Å². The van der Waals surface area contributed by atoms with Crippen molar-refractivity contribution in [1.29, 1.82) is 0 Å². The maximum absolute atomic E-state index is 2.47. The molecule has 9 heterocycles. The van der Waals surface area contributed by atoms with Crippen LogP contribution in [0.5, 0.6) is 0 Å². The molecule has 9 aromatic heterocycles. The Labute approximate surface area is 857 Å². The number of hydrogen-bond donors (Lipinski definition) is 0. The van der Waals surface area contributed by atoms with Crippen LogP contribution in [0, 0.1) is 0 Å². The van der Waals surface area contributed by atoms with Crippen molar-refractivity contribution in [3.05, 3.63) is 522 Å². The molecule has 147 heavy (non-hydrogen) atoms. The SMILES string of the molecule is c1ccc(-c2ccc(-n3c4ccccc4c4cc(-c5ccc6c(c5)c5ccccc5n6-c5ccc6sc7ccccc7c6c5)ccc43)cc2)cc1.c1ccc(-c2ccccc2-n2c3ccccc3c3cc(-c4ccc5c(c4)c4ccccc4n5-c4cccc5sc6ccccc6c45)ccc32)cc1.c1ccc(-n2c3ccccc3c3cc(-c4ccc5c(c4)c4ccccc4n5-c4ccc5sc6ccccc6c5c4)ccc32)cc1. The number of benzene rings is 23. The van der Waals surface area contributed by atoms with Crippen LogP contribution < -0.4 is 0 Å². The summed E-state index contributed by atoms with van der Waals surface area (Å²) in [5.41, 5.74) is 34.0. The number of nitrogens with zero attached hydrogens (tertiary/aromatic N) is 6. The molecule has 0 saturated carbocycles. The molecule has 0 saturated heterocycles. The molecular formula is C138H86N6S3. The van der Waals surface area contributed by atoms with Crippen molar-refractivity contribution in [1.82, 2.24) is 27.4 Å². The number of fused-ring (bicyclic) bond motifs is 27. The van der Waals surface area contributed by atoms with Crippen LogP contribution in [-0.4, -0.2) is 27.4 Å². The van der Waals surface area contributed by atoms with Crippen LogP contribution in [0.2, 0.25) is 0 Å². The average molecular weight is 1920 g/mol. The number of rotatable bonds is 11. The Hall–Kier alpha value is -18.5. The molecule has 0 radical (unpaired) electrons. The maximum atomic E-state index is 2.47. The van der Waals surface area contributed by atoms with Gasteiger partial charge in [0.15, 0.2) is 0 Å². The third kappa shape index (κ3) is 13.7. The van der Waals surface area contributed by atoms with E-state index in [2.05, 4.69) is 549 Å². The standard InChI is InChI=1S/2C48H30N2S.C42H26N2S/c1-2-13-31(14-3-1)34-15-4-8-19-40(34)49-41-20-9-5-16-35(41)38-29-32(25-27-43(38)49)33-26-28-44-39(30-33)36-17-6-10-21-42(36)50(44)45-22-12-24-47-48(45)37-18-7-11-23-46(37)51-47;1-2-10-31(11-3-1)32-18-22-35(23-19-32)49-43-15-7-4-12-37(43)40-28-33(20-25-45(40)49)34-21-26-46-41(29-34)38-13-5-8-16-44(38)50(46)36-24-27-48-42(30-36)39-14-6-9-17-47(39)51-48;1-2-10-29(11-3-1)43-37-15-7-4-12-31(37)34-24-27(18-21-39(34)43)28-19-22-40-35(25-28)32-13-5-8-16-38(32)44(40)30-20-23-42-36(26-30)33-14-6-9-17-41(33)45-42/h2*1-30H;1-26H. The first-order chi connectivity index (χ1) is 72.9. The Morgan fingerprint density at radius 2 is 0.361 bits per heavy atom. The summed E-state index contributed by atoms with van der Waals surface area (Å²) >= 11 is 5.60. The monoisotopic (exact) mass is 1920 g/mol. The highest BCUT2D eigenvalue weighted by atomic mass is 32.1. The number of para-hydroxylation sites is 8. The van der Waals surface area contributed by atoms with Crippen LogP contribution in [0.25, 0.3) is 281 Å². The minimum absolute atomic E-state index is 1.16. The second-order valence-electron chi connectivity index (χ2n) is 38.4. The van der Waals surface area contributed by atoms with Crippen LogP contribution in [0.1, 0.15) is 0 Å². The fourth-order valence-electron chi connectivity index (χ4n) is 23.7. The Morgan fingerprint density at radius 1 is 0.116 bits per heavy atom. The zero-order valence-electron chi connectivity index (χ0n) is 79.6. The minimum Gasteiger partial charge on any atom is -0.309 e. The van der Waals surface area contributed by atoms with E-state index in [1.807, 2.05) is 34.0 Å². The fourth-order valence-corrected chi connectivity index (χ4v) is 27.0. The van der Waals surface area contributed by atoms with Gasteiger partial charge >= 0.3 is 0 Å². The van der Waals surface area contributed by atoms with Gasteiger partial charge in [0.1, 0.15) is 0 Å². The normalized spacial score (nSPS) is 11.9. The summed E-state index contributed by atoms with van der Waals surface area (Å²) in [4.78, 5) is 0. The van der Waals surface area contributed by atoms with Gasteiger partial charge in [-0.3, -0.25) is 0 Å². The van der Waals surface area contributed by atoms with Crippen molar-refractivity contribution in [2.24, 2.45) is 0 Å². The second-order valence-corrected chi connectivity index (χ2v) is 41.7. The van der Waals surface area contributed by atoms with Gasteiger partial charge in [-0.25, -0.2) is 0 Å². The first-order valence-corrected chi connectivity index (χ1v) is 52.7. The molecule has 686 valence electrons. The summed E-state index contributed by atoms with van der Waals surface area (Å²) in [5, 5.41) is 23.1. The third-order valence-electron chi connectivity index (χ3n) is 30.4. The predicted molar refractivity (Wildman–Crippen MR) is 631 cm³/mol. The Morgan fingerprint density at radius 3 is 0.762 bits per heavy atom. The summed E-state index contributed by atoms with van der Waals surface area (Å²) in [6, 6.07) is 191. The average Bonchev–Trinajstić information content (AvgIpc) is 1.58. The predicted octanol–water partition coefficient (Wildman–Crippen LogP) is 39.1. The van der Waals surface area contributed by atoms with Gasteiger partial charge in [0, 0.05) is 153 Å². The van der Waals surface area contributed by atoms with Gasteiger partial charge in [0.2, 0.25) is 0 Å². The summed E-state index contributed by atoms with van der Waals surface area (Å²) in [6.45, 7) is 0. The van der Waals surface area contributed by atoms with Gasteiger partial charge in [0.05, 0.1) is 77.6 Å². The highest BCUT2D eigenvalue weighted by Gasteiger charge is 2.25. The highest BCUT2D eigenvalue weighted by molar-refractivity contribution is 7.26. The van der Waals surface area contributed by atoms with Crippen LogP contribution in [-0.2, 0) is 0 Å². The maximum Gasteiger partial charge on any atom is 0.0555 e. The van der Waals surface area contributed by atoms with E-state index >= 15 is 0 Å². The molecule has 6 nitrogen and oxygen atoms in total. The lowest BCUT2D eigenvalue weighted by Crippen LogP contribution is -1.97. The minimum atomic E-state index is 1.16. The molecule has 0 aliphatic rings. The molecule has 0 fully saturated rings. The zero-order valence-corrected chi connectivity index (χ0v) is 82.0. The molecule has 0 amide bonds. The fraction of sp³-hybridized carbons (Fsp3) is 0. The molecular weight excluding hydrogens is 1840 g/mol. The molecule has 0 aliphatic heterocycles. The molecule has 0 N–H and O–H groups in total. The molecule has 0 unspecified atom stereocenters. The first-order valence-electron chi connectivity index (χ1n) is 50.2. The van der Waals surface area contributed by atoms with Crippen molar-refractivity contribution < 1.29 is 0 Å². The van der Waals surface area contributed by atoms with Crippen LogP contribution in [0.3, 0.4) is 0 Å². The lowest BCUT2D eigenvalue weighted by Gasteiger charge is -2.14. The quantitative estimate of drug-likeness (QED) is 0.124. The number of hydrogen-bond acceptors (Lipinski definition) is 3. The van der Waals surface area contributed by atoms with Gasteiger partial charge in [-0.05, 0) is 256 Å². The molecule has 32 aromatic rings. The second kappa shape index (κ2) is 34.1. The van der Waals surface area contributed by atoms with Crippen molar-refractivity contribution >= 4 is 225 Å². The number of aromatic nitrogens is 6. The first kappa shape index (κ1) is 84.2. The van der Waals surface area contributed by atoms with Gasteiger partial charge in [0.25, 0.3) is 0 Å². The van der Waals surface area contributed by atoms with Crippen LogP contribution in [0.4, 0.5) is 0 Å². The molecule has 0 bridgehead atoms. The van der Waals surface area contributed by atoms with E-state index in [1.165, 1.54) is 275 Å². The lowest BCUT2D eigenvalue weighted by atomic mass is 10.0. The Balaban J connectivity index is 0.000000102.